The predicted octanol–water partition coefficient (Wildman–Crippen LogP) is 6.83. The summed E-state index contributed by atoms with van der Waals surface area (Å²) < 4.78 is 2.92. The van der Waals surface area contributed by atoms with Crippen LogP contribution in [0.25, 0.3) is 10.9 Å². The van der Waals surface area contributed by atoms with Gasteiger partial charge in [0, 0.05) is 33.2 Å². The number of carbonyl (C=O) groups is 1. The van der Waals surface area contributed by atoms with Crippen molar-refractivity contribution in [3.8, 4) is 0 Å². The van der Waals surface area contributed by atoms with Gasteiger partial charge in [0.05, 0.1) is 21.8 Å². The molecule has 7 heteroatoms. The van der Waals surface area contributed by atoms with E-state index in [2.05, 4.69) is 37.1 Å². The third kappa shape index (κ3) is 4.54. The van der Waals surface area contributed by atoms with Gasteiger partial charge in [-0.2, -0.15) is 5.10 Å². The van der Waals surface area contributed by atoms with E-state index in [1.807, 2.05) is 55.5 Å². The van der Waals surface area contributed by atoms with Crippen molar-refractivity contribution in [2.45, 2.75) is 13.5 Å². The summed E-state index contributed by atoms with van der Waals surface area (Å²) in [5.74, 6) is -0.277. The second kappa shape index (κ2) is 9.27. The number of aromatic nitrogens is 1. The van der Waals surface area contributed by atoms with Gasteiger partial charge in [0.1, 0.15) is 0 Å². The Morgan fingerprint density at radius 2 is 1.81 bits per heavy atom. The van der Waals surface area contributed by atoms with Crippen molar-refractivity contribution in [2.75, 3.05) is 0 Å². The van der Waals surface area contributed by atoms with Gasteiger partial charge in [0.2, 0.25) is 0 Å². The van der Waals surface area contributed by atoms with Crippen molar-refractivity contribution in [2.24, 2.45) is 5.10 Å². The second-order valence-electron chi connectivity index (χ2n) is 7.03. The van der Waals surface area contributed by atoms with Crippen LogP contribution >= 0.6 is 39.1 Å². The van der Waals surface area contributed by atoms with Gasteiger partial charge in [0.15, 0.2) is 0 Å². The highest BCUT2D eigenvalue weighted by atomic mass is 79.9. The van der Waals surface area contributed by atoms with Gasteiger partial charge >= 0.3 is 0 Å². The van der Waals surface area contributed by atoms with Gasteiger partial charge in [-0.05, 0) is 58.7 Å². The molecule has 0 fully saturated rings. The second-order valence-corrected chi connectivity index (χ2v) is 8.70. The van der Waals surface area contributed by atoms with Gasteiger partial charge in [0.25, 0.3) is 5.91 Å². The fourth-order valence-corrected chi connectivity index (χ4v) is 4.29. The minimum Gasteiger partial charge on any atom is -0.340 e. The fourth-order valence-electron chi connectivity index (χ4n) is 3.51. The molecule has 4 aromatic rings. The highest BCUT2D eigenvalue weighted by Crippen LogP contribution is 2.28. The Hall–Kier alpha value is -2.60. The Kier molecular flexibility index (Phi) is 6.46. The van der Waals surface area contributed by atoms with Gasteiger partial charge in [-0.3, -0.25) is 4.79 Å². The van der Waals surface area contributed by atoms with E-state index >= 15 is 0 Å². The third-order valence-corrected chi connectivity index (χ3v) is 6.51. The zero-order valence-corrected chi connectivity index (χ0v) is 19.7. The first-order valence-corrected chi connectivity index (χ1v) is 11.1. The molecule has 4 nitrogen and oxygen atoms in total. The maximum absolute atomic E-state index is 12.4. The number of halogens is 3. The van der Waals surface area contributed by atoms with Crippen LogP contribution in [0, 0.1) is 6.92 Å². The van der Waals surface area contributed by atoms with Crippen LogP contribution in [0.3, 0.4) is 0 Å². The minimum absolute atomic E-state index is 0.277. The summed E-state index contributed by atoms with van der Waals surface area (Å²) >= 11 is 15.6. The molecule has 1 N–H and O–H groups in total. The van der Waals surface area contributed by atoms with Crippen molar-refractivity contribution in [3.05, 3.63) is 104 Å². The number of benzene rings is 3. The molecule has 0 aliphatic heterocycles. The van der Waals surface area contributed by atoms with Gasteiger partial charge in [-0.1, -0.05) is 59.6 Å². The molecule has 1 heterocycles. The van der Waals surface area contributed by atoms with Crippen molar-refractivity contribution in [1.29, 1.82) is 0 Å². The molecular weight excluding hydrogens is 497 g/mol. The minimum atomic E-state index is -0.277. The largest absolute Gasteiger partial charge is 0.340 e. The lowest BCUT2D eigenvalue weighted by Gasteiger charge is -2.09. The van der Waals surface area contributed by atoms with Crippen molar-refractivity contribution in [3.63, 3.8) is 0 Å². The third-order valence-electron chi connectivity index (χ3n) is 5.08. The van der Waals surface area contributed by atoms with Crippen LogP contribution in [0.4, 0.5) is 0 Å². The average Bonchev–Trinajstić information content (AvgIpc) is 3.02. The summed E-state index contributed by atoms with van der Waals surface area (Å²) in [6, 6.07) is 21.0. The molecule has 3 aromatic carbocycles. The van der Waals surface area contributed by atoms with E-state index in [0.717, 1.165) is 32.2 Å². The lowest BCUT2D eigenvalue weighted by molar-refractivity contribution is 0.0954. The number of hydrazone groups is 1. The molecule has 4 rings (SSSR count). The Morgan fingerprint density at radius 3 is 2.58 bits per heavy atom. The topological polar surface area (TPSA) is 46.4 Å². The lowest BCUT2D eigenvalue weighted by Crippen LogP contribution is -2.18. The van der Waals surface area contributed by atoms with Crippen molar-refractivity contribution in [1.82, 2.24) is 9.99 Å². The van der Waals surface area contributed by atoms with Crippen LogP contribution < -0.4 is 5.43 Å². The maximum atomic E-state index is 12.4. The molecule has 0 saturated carbocycles. The monoisotopic (exact) mass is 513 g/mol. The molecule has 156 valence electrons. The quantitative estimate of drug-likeness (QED) is 0.230. The van der Waals surface area contributed by atoms with E-state index in [1.165, 1.54) is 0 Å². The predicted molar refractivity (Wildman–Crippen MR) is 131 cm³/mol. The van der Waals surface area contributed by atoms with Crippen LogP contribution in [0.1, 0.15) is 27.2 Å². The van der Waals surface area contributed by atoms with Crippen LogP contribution in [-0.4, -0.2) is 16.7 Å². The Labute approximate surface area is 198 Å². The molecule has 1 amide bonds. The summed E-state index contributed by atoms with van der Waals surface area (Å²) in [7, 11) is 0. The molecule has 31 heavy (non-hydrogen) atoms. The Morgan fingerprint density at radius 1 is 1.06 bits per heavy atom. The molecule has 0 unspecified atom stereocenters. The molecular formula is C24H18BrCl2N3O. The number of hydrogen-bond acceptors (Lipinski definition) is 2. The van der Waals surface area contributed by atoms with E-state index in [0.29, 0.717) is 22.2 Å². The molecule has 0 aliphatic rings. The first-order valence-electron chi connectivity index (χ1n) is 9.55. The van der Waals surface area contributed by atoms with E-state index in [4.69, 9.17) is 23.2 Å². The van der Waals surface area contributed by atoms with Gasteiger partial charge in [-0.25, -0.2) is 5.43 Å². The summed E-state index contributed by atoms with van der Waals surface area (Å²) in [4.78, 5) is 12.4. The van der Waals surface area contributed by atoms with Crippen LogP contribution in [0.15, 0.2) is 76.3 Å². The Balaban J connectivity index is 1.65. The van der Waals surface area contributed by atoms with Gasteiger partial charge < -0.3 is 4.57 Å². The average molecular weight is 515 g/mol. The van der Waals surface area contributed by atoms with E-state index in [1.54, 1.807) is 18.3 Å². The fraction of sp³-hybridized carbons (Fsp3) is 0.0833. The number of para-hydroxylation sites is 1. The van der Waals surface area contributed by atoms with Crippen molar-refractivity contribution >= 4 is 62.2 Å². The molecule has 0 bridgehead atoms. The number of rotatable bonds is 5. The van der Waals surface area contributed by atoms with Crippen molar-refractivity contribution < 1.29 is 4.79 Å². The van der Waals surface area contributed by atoms with E-state index in [9.17, 15) is 4.79 Å². The van der Waals surface area contributed by atoms with Crippen LogP contribution in [0.5, 0.6) is 0 Å². The lowest BCUT2D eigenvalue weighted by atomic mass is 10.1. The summed E-state index contributed by atoms with van der Waals surface area (Å²) in [6.07, 6.45) is 1.69. The number of carbonyl (C=O) groups excluding carboxylic acids is 1. The summed E-state index contributed by atoms with van der Waals surface area (Å²) in [5.41, 5.74) is 7.24. The summed E-state index contributed by atoms with van der Waals surface area (Å²) in [5, 5.41) is 6.34. The molecule has 0 saturated heterocycles. The number of amides is 1. The molecule has 0 atom stereocenters. The molecule has 1 aromatic heterocycles. The molecule has 0 radical (unpaired) electrons. The standard InChI is InChI=1S/C24H18BrCl2N3O/c1-15-19(13-28-29-24(31)18-7-2-4-8-20(18)25)17-6-3-5-9-23(17)30(15)14-16-10-11-21(26)22(27)12-16/h2-13H,14H2,1H3,(H,29,31)/b28-13-. The SMILES string of the molecule is Cc1c(/C=N\NC(=O)c2ccccc2Br)c2ccccc2n1Cc1ccc(Cl)c(Cl)c1. The molecule has 0 spiro atoms. The normalized spacial score (nSPS) is 11.4. The van der Waals surface area contributed by atoms with Crippen LogP contribution in [0.2, 0.25) is 10.0 Å². The summed E-state index contributed by atoms with van der Waals surface area (Å²) in [6.45, 7) is 2.68. The first-order chi connectivity index (χ1) is 15.0. The maximum Gasteiger partial charge on any atom is 0.272 e. The number of fused-ring (bicyclic) bond motifs is 1. The Bertz CT molecular complexity index is 1310. The highest BCUT2D eigenvalue weighted by molar-refractivity contribution is 9.10. The van der Waals surface area contributed by atoms with E-state index in [-0.39, 0.29) is 5.91 Å². The smallest absolute Gasteiger partial charge is 0.272 e. The number of hydrogen-bond donors (Lipinski definition) is 1. The highest BCUT2D eigenvalue weighted by Gasteiger charge is 2.14. The molecule has 0 aliphatic carbocycles. The van der Waals surface area contributed by atoms with Crippen LogP contribution in [-0.2, 0) is 6.54 Å². The zero-order valence-electron chi connectivity index (χ0n) is 16.6. The number of nitrogens with zero attached hydrogens (tertiary/aromatic N) is 2. The first kappa shape index (κ1) is 21.6. The zero-order chi connectivity index (χ0) is 22.0. The van der Waals surface area contributed by atoms with Gasteiger partial charge in [-0.15, -0.1) is 0 Å². The van der Waals surface area contributed by atoms with E-state index < -0.39 is 0 Å². The number of nitrogens with one attached hydrogen (secondary N) is 1.